The Morgan fingerprint density at radius 1 is 1.20 bits per heavy atom. The highest BCUT2D eigenvalue weighted by Gasteiger charge is 2.18. The van der Waals surface area contributed by atoms with E-state index in [1.54, 1.807) is 0 Å². The molecule has 0 N–H and O–H groups in total. The molecule has 0 spiro atoms. The van der Waals surface area contributed by atoms with Crippen LogP contribution in [0.4, 0.5) is 0 Å². The highest BCUT2D eigenvalue weighted by molar-refractivity contribution is 6.20. The molecular formula is C17H23ClN2. The van der Waals surface area contributed by atoms with Gasteiger partial charge in [-0.15, -0.1) is 11.6 Å². The van der Waals surface area contributed by atoms with Crippen LogP contribution in [-0.2, 0) is 6.54 Å². The fraction of sp³-hybridized carbons (Fsp3) is 0.471. The molecule has 1 unspecified atom stereocenters. The highest BCUT2D eigenvalue weighted by Crippen LogP contribution is 2.30. The van der Waals surface area contributed by atoms with Crippen molar-refractivity contribution in [2.75, 3.05) is 0 Å². The predicted molar refractivity (Wildman–Crippen MR) is 85.6 cm³/mol. The second-order valence-electron chi connectivity index (χ2n) is 5.55. The van der Waals surface area contributed by atoms with E-state index >= 15 is 0 Å². The van der Waals surface area contributed by atoms with Crippen LogP contribution in [-0.4, -0.2) is 9.78 Å². The number of rotatable bonds is 4. The second kappa shape index (κ2) is 6.01. The van der Waals surface area contributed by atoms with Gasteiger partial charge in [-0.3, -0.25) is 4.68 Å². The van der Waals surface area contributed by atoms with Crippen molar-refractivity contribution < 1.29 is 0 Å². The molecule has 0 saturated carbocycles. The predicted octanol–water partition coefficient (Wildman–Crippen LogP) is 4.85. The Bertz CT molecular complexity index is 614. The molecular weight excluding hydrogens is 268 g/mol. The summed E-state index contributed by atoms with van der Waals surface area (Å²) < 4.78 is 2.08. The van der Waals surface area contributed by atoms with Gasteiger partial charge in [-0.1, -0.05) is 30.7 Å². The van der Waals surface area contributed by atoms with Gasteiger partial charge in [0, 0.05) is 11.3 Å². The van der Waals surface area contributed by atoms with Crippen LogP contribution < -0.4 is 0 Å². The monoisotopic (exact) mass is 290 g/mol. The highest BCUT2D eigenvalue weighted by atomic mass is 35.5. The molecule has 0 aliphatic heterocycles. The third kappa shape index (κ3) is 2.90. The molecule has 20 heavy (non-hydrogen) atoms. The van der Waals surface area contributed by atoms with E-state index in [-0.39, 0.29) is 5.38 Å². The van der Waals surface area contributed by atoms with Crippen LogP contribution in [0, 0.1) is 27.7 Å². The average Bonchev–Trinajstić information content (AvgIpc) is 2.68. The van der Waals surface area contributed by atoms with E-state index in [2.05, 4.69) is 55.7 Å². The number of nitrogens with zero attached hydrogens (tertiary/aromatic N) is 2. The molecule has 0 amide bonds. The Morgan fingerprint density at radius 2 is 1.90 bits per heavy atom. The molecule has 108 valence electrons. The summed E-state index contributed by atoms with van der Waals surface area (Å²) >= 11 is 6.42. The Labute approximate surface area is 126 Å². The van der Waals surface area contributed by atoms with E-state index in [1.807, 2.05) is 6.92 Å². The largest absolute Gasteiger partial charge is 0.265 e. The Balaban J connectivity index is 2.37. The SMILES string of the molecule is CCC(Cl)c1c(C)nn(Cc2cc(C)ccc2C)c1C. The quantitative estimate of drug-likeness (QED) is 0.736. The molecule has 0 fully saturated rings. The fourth-order valence-corrected chi connectivity index (χ4v) is 2.97. The maximum atomic E-state index is 6.42. The lowest BCUT2D eigenvalue weighted by molar-refractivity contribution is 0.654. The maximum absolute atomic E-state index is 6.42. The summed E-state index contributed by atoms with van der Waals surface area (Å²) in [5, 5.41) is 4.74. The summed E-state index contributed by atoms with van der Waals surface area (Å²) in [5.41, 5.74) is 7.35. The first-order valence-corrected chi connectivity index (χ1v) is 7.61. The Hall–Kier alpha value is -1.28. The summed E-state index contributed by atoms with van der Waals surface area (Å²) in [6, 6.07) is 6.56. The molecule has 0 radical (unpaired) electrons. The first-order chi connectivity index (χ1) is 9.43. The van der Waals surface area contributed by atoms with Gasteiger partial charge in [-0.05, 0) is 45.2 Å². The van der Waals surface area contributed by atoms with Crippen molar-refractivity contribution in [1.29, 1.82) is 0 Å². The lowest BCUT2D eigenvalue weighted by Crippen LogP contribution is -2.06. The normalized spacial score (nSPS) is 12.7. The van der Waals surface area contributed by atoms with Crippen LogP contribution in [0.1, 0.15) is 52.4 Å². The van der Waals surface area contributed by atoms with Gasteiger partial charge in [-0.2, -0.15) is 5.10 Å². The minimum absolute atomic E-state index is 0.0577. The van der Waals surface area contributed by atoms with Crippen molar-refractivity contribution in [3.8, 4) is 0 Å². The molecule has 2 nitrogen and oxygen atoms in total. The first-order valence-electron chi connectivity index (χ1n) is 7.18. The molecule has 0 aliphatic carbocycles. The summed E-state index contributed by atoms with van der Waals surface area (Å²) in [4.78, 5) is 0. The smallest absolute Gasteiger partial charge is 0.0665 e. The van der Waals surface area contributed by atoms with Gasteiger partial charge < -0.3 is 0 Å². The number of hydrogen-bond donors (Lipinski definition) is 0. The molecule has 0 saturated heterocycles. The van der Waals surface area contributed by atoms with Crippen LogP contribution >= 0.6 is 11.6 Å². The van der Waals surface area contributed by atoms with Crippen LogP contribution in [0.2, 0.25) is 0 Å². The number of alkyl halides is 1. The molecule has 2 rings (SSSR count). The summed E-state index contributed by atoms with van der Waals surface area (Å²) in [5.74, 6) is 0. The fourth-order valence-electron chi connectivity index (χ4n) is 2.65. The zero-order valence-electron chi connectivity index (χ0n) is 13.0. The van der Waals surface area contributed by atoms with Crippen molar-refractivity contribution in [3.63, 3.8) is 0 Å². The molecule has 0 aliphatic rings. The van der Waals surface area contributed by atoms with E-state index in [4.69, 9.17) is 11.6 Å². The zero-order valence-corrected chi connectivity index (χ0v) is 13.8. The molecule has 1 atom stereocenters. The second-order valence-corrected chi connectivity index (χ2v) is 6.07. The molecule has 1 aromatic carbocycles. The van der Waals surface area contributed by atoms with E-state index in [1.165, 1.54) is 27.9 Å². The number of hydrogen-bond acceptors (Lipinski definition) is 1. The van der Waals surface area contributed by atoms with Crippen LogP contribution in [0.3, 0.4) is 0 Å². The zero-order chi connectivity index (χ0) is 14.9. The van der Waals surface area contributed by atoms with Gasteiger partial charge in [0.05, 0.1) is 17.6 Å². The Kier molecular flexibility index (Phi) is 4.54. The van der Waals surface area contributed by atoms with Crippen molar-refractivity contribution in [3.05, 3.63) is 51.8 Å². The standard InChI is InChI=1S/C17H23ClN2/c1-6-16(18)17-13(4)19-20(14(17)5)10-15-9-11(2)7-8-12(15)3/h7-9,16H,6,10H2,1-5H3. The minimum Gasteiger partial charge on any atom is -0.265 e. The van der Waals surface area contributed by atoms with Crippen molar-refractivity contribution in [2.24, 2.45) is 0 Å². The van der Waals surface area contributed by atoms with Gasteiger partial charge in [0.25, 0.3) is 0 Å². The summed E-state index contributed by atoms with van der Waals surface area (Å²) in [7, 11) is 0. The number of benzene rings is 1. The third-order valence-electron chi connectivity index (χ3n) is 3.93. The molecule has 1 aromatic heterocycles. The van der Waals surface area contributed by atoms with Crippen LogP contribution in [0.5, 0.6) is 0 Å². The number of aromatic nitrogens is 2. The van der Waals surface area contributed by atoms with Gasteiger partial charge >= 0.3 is 0 Å². The van der Waals surface area contributed by atoms with Gasteiger partial charge in [0.15, 0.2) is 0 Å². The summed E-state index contributed by atoms with van der Waals surface area (Å²) in [6.07, 6.45) is 0.929. The first kappa shape index (κ1) is 15.1. The van der Waals surface area contributed by atoms with Gasteiger partial charge in [0.1, 0.15) is 0 Å². The average molecular weight is 291 g/mol. The molecule has 2 aromatic rings. The minimum atomic E-state index is 0.0577. The maximum Gasteiger partial charge on any atom is 0.0665 e. The molecule has 0 bridgehead atoms. The summed E-state index contributed by atoms with van der Waals surface area (Å²) in [6.45, 7) is 11.4. The Morgan fingerprint density at radius 3 is 2.55 bits per heavy atom. The van der Waals surface area contributed by atoms with E-state index in [0.717, 1.165) is 18.7 Å². The number of halogens is 1. The van der Waals surface area contributed by atoms with Crippen molar-refractivity contribution >= 4 is 11.6 Å². The lowest BCUT2D eigenvalue weighted by atomic mass is 10.1. The van der Waals surface area contributed by atoms with Gasteiger partial charge in [0.2, 0.25) is 0 Å². The van der Waals surface area contributed by atoms with Gasteiger partial charge in [-0.25, -0.2) is 0 Å². The van der Waals surface area contributed by atoms with Crippen LogP contribution in [0.15, 0.2) is 18.2 Å². The van der Waals surface area contributed by atoms with Crippen molar-refractivity contribution in [2.45, 2.75) is 53.0 Å². The van der Waals surface area contributed by atoms with Crippen LogP contribution in [0.25, 0.3) is 0 Å². The molecule has 1 heterocycles. The molecule has 3 heteroatoms. The third-order valence-corrected chi connectivity index (χ3v) is 4.46. The topological polar surface area (TPSA) is 17.8 Å². The van der Waals surface area contributed by atoms with Crippen molar-refractivity contribution in [1.82, 2.24) is 9.78 Å². The number of aryl methyl sites for hydroxylation is 3. The van der Waals surface area contributed by atoms with E-state index in [0.29, 0.717) is 0 Å². The van der Waals surface area contributed by atoms with E-state index in [9.17, 15) is 0 Å². The van der Waals surface area contributed by atoms with E-state index < -0.39 is 0 Å². The lowest BCUT2D eigenvalue weighted by Gasteiger charge is -2.11.